The summed E-state index contributed by atoms with van der Waals surface area (Å²) in [6, 6.07) is 9.87. The van der Waals surface area contributed by atoms with Crippen molar-refractivity contribution in [3.8, 4) is 0 Å². The van der Waals surface area contributed by atoms with Crippen LogP contribution in [0.4, 0.5) is 5.13 Å². The van der Waals surface area contributed by atoms with E-state index in [1.165, 1.54) is 23.3 Å². The number of nitrogens with zero attached hydrogens (tertiary/aromatic N) is 3. The average Bonchev–Trinajstić information content (AvgIpc) is 3.26. The largest absolute Gasteiger partial charge is 0.468 e. The van der Waals surface area contributed by atoms with Crippen LogP contribution in [0.2, 0.25) is 0 Å². The van der Waals surface area contributed by atoms with Crippen molar-refractivity contribution < 1.29 is 19.1 Å². The van der Waals surface area contributed by atoms with Crippen LogP contribution in [0.1, 0.15) is 17.0 Å². The second-order valence-corrected chi connectivity index (χ2v) is 6.88. The molecular formula is C17H18N4O4S. The first-order chi connectivity index (χ1) is 12.6. The summed E-state index contributed by atoms with van der Waals surface area (Å²) in [6.07, 6.45) is 0.726. The fourth-order valence-corrected chi connectivity index (χ4v) is 3.54. The van der Waals surface area contributed by atoms with E-state index in [4.69, 9.17) is 0 Å². The minimum atomic E-state index is -0.533. The zero-order chi connectivity index (χ0) is 18.5. The zero-order valence-electron chi connectivity index (χ0n) is 14.2. The summed E-state index contributed by atoms with van der Waals surface area (Å²) >= 11 is 1.34. The lowest BCUT2D eigenvalue weighted by Gasteiger charge is -2.12. The van der Waals surface area contributed by atoms with E-state index in [1.54, 1.807) is 0 Å². The van der Waals surface area contributed by atoms with E-state index in [1.807, 2.05) is 30.3 Å². The number of methoxy groups -OCH3 is 1. The van der Waals surface area contributed by atoms with Gasteiger partial charge < -0.3 is 10.1 Å². The number of hydrogen-bond donors (Lipinski definition) is 1. The summed E-state index contributed by atoms with van der Waals surface area (Å²) in [4.78, 5) is 36.9. The molecule has 1 saturated heterocycles. The first-order valence-corrected chi connectivity index (χ1v) is 8.89. The smallest absolute Gasteiger partial charge is 0.325 e. The molecule has 1 unspecified atom stereocenters. The Morgan fingerprint density at radius 2 is 2.08 bits per heavy atom. The molecule has 0 radical (unpaired) electrons. The number of esters is 1. The van der Waals surface area contributed by atoms with Gasteiger partial charge in [0.1, 0.15) is 11.6 Å². The van der Waals surface area contributed by atoms with E-state index in [2.05, 4.69) is 20.3 Å². The Hall–Kier alpha value is -2.81. The van der Waals surface area contributed by atoms with Gasteiger partial charge >= 0.3 is 5.97 Å². The van der Waals surface area contributed by atoms with Gasteiger partial charge in [0, 0.05) is 19.4 Å². The topological polar surface area (TPSA) is 101 Å². The molecule has 3 rings (SSSR count). The molecule has 0 bridgehead atoms. The van der Waals surface area contributed by atoms with Crippen molar-refractivity contribution in [3.63, 3.8) is 0 Å². The molecule has 8 nitrogen and oxygen atoms in total. The average molecular weight is 374 g/mol. The Labute approximate surface area is 154 Å². The van der Waals surface area contributed by atoms with E-state index in [0.717, 1.165) is 10.6 Å². The van der Waals surface area contributed by atoms with Crippen LogP contribution in [-0.4, -0.2) is 48.2 Å². The Morgan fingerprint density at radius 1 is 1.31 bits per heavy atom. The van der Waals surface area contributed by atoms with Crippen LogP contribution >= 0.6 is 11.3 Å². The van der Waals surface area contributed by atoms with Gasteiger partial charge in [-0.25, -0.2) is 0 Å². The Kier molecular flexibility index (Phi) is 5.57. The number of nitrogens with one attached hydrogen (secondary N) is 1. The normalized spacial score (nSPS) is 16.6. The molecule has 2 aromatic rings. The molecule has 9 heteroatoms. The predicted octanol–water partition coefficient (Wildman–Crippen LogP) is 0.771. The SMILES string of the molecule is COC(=O)CNC(=O)C1CC(=O)N(c2nnc(Cc3ccccc3)s2)C1. The minimum Gasteiger partial charge on any atom is -0.468 e. The molecule has 0 saturated carbocycles. The molecule has 1 fully saturated rings. The molecule has 1 aliphatic heterocycles. The lowest BCUT2D eigenvalue weighted by Crippen LogP contribution is -2.36. The van der Waals surface area contributed by atoms with E-state index >= 15 is 0 Å². The second-order valence-electron chi connectivity index (χ2n) is 5.84. The van der Waals surface area contributed by atoms with Crippen LogP contribution in [0.3, 0.4) is 0 Å². The fourth-order valence-electron chi connectivity index (χ4n) is 2.64. The summed E-state index contributed by atoms with van der Waals surface area (Å²) < 4.78 is 4.48. The van der Waals surface area contributed by atoms with Gasteiger partial charge in [0.15, 0.2) is 0 Å². The predicted molar refractivity (Wildman–Crippen MR) is 94.6 cm³/mol. The number of ether oxygens (including phenoxy) is 1. The summed E-state index contributed by atoms with van der Waals surface area (Å²) in [5.41, 5.74) is 1.11. The Balaban J connectivity index is 1.61. The molecule has 1 atom stereocenters. The van der Waals surface area contributed by atoms with E-state index in [-0.39, 0.29) is 31.3 Å². The van der Waals surface area contributed by atoms with Crippen molar-refractivity contribution in [1.29, 1.82) is 0 Å². The second kappa shape index (κ2) is 8.05. The monoisotopic (exact) mass is 374 g/mol. The quantitative estimate of drug-likeness (QED) is 0.750. The number of aromatic nitrogens is 2. The van der Waals surface area contributed by atoms with Gasteiger partial charge in [-0.2, -0.15) is 0 Å². The minimum absolute atomic E-state index is 0.0839. The summed E-state index contributed by atoms with van der Waals surface area (Å²) in [7, 11) is 1.25. The number of carbonyl (C=O) groups is 3. The van der Waals surface area contributed by atoms with Gasteiger partial charge in [0.05, 0.1) is 13.0 Å². The summed E-state index contributed by atoms with van der Waals surface area (Å²) in [6.45, 7) is 0.0197. The number of rotatable bonds is 6. The highest BCUT2D eigenvalue weighted by Crippen LogP contribution is 2.28. The number of carbonyl (C=O) groups excluding carboxylic acids is 3. The molecule has 1 N–H and O–H groups in total. The van der Waals surface area contributed by atoms with Crippen LogP contribution in [0.25, 0.3) is 0 Å². The van der Waals surface area contributed by atoms with E-state index in [9.17, 15) is 14.4 Å². The third-order valence-corrected chi connectivity index (χ3v) is 4.96. The standard InChI is InChI=1S/C17H18N4O4S/c1-25-15(23)9-18-16(24)12-8-14(22)21(10-12)17-20-19-13(26-17)7-11-5-3-2-4-6-11/h2-6,12H,7-10H2,1H3,(H,18,24). The van der Waals surface area contributed by atoms with Crippen molar-refractivity contribution in [1.82, 2.24) is 15.5 Å². The highest BCUT2D eigenvalue weighted by atomic mass is 32.1. The van der Waals surface area contributed by atoms with Crippen molar-refractivity contribution in [2.75, 3.05) is 25.1 Å². The highest BCUT2D eigenvalue weighted by Gasteiger charge is 2.36. The van der Waals surface area contributed by atoms with Gasteiger partial charge in [0.2, 0.25) is 16.9 Å². The van der Waals surface area contributed by atoms with Crippen LogP contribution in [-0.2, 0) is 25.5 Å². The van der Waals surface area contributed by atoms with Gasteiger partial charge in [0.25, 0.3) is 0 Å². The van der Waals surface area contributed by atoms with Crippen LogP contribution in [0.15, 0.2) is 30.3 Å². The van der Waals surface area contributed by atoms with Gasteiger partial charge in [-0.3, -0.25) is 19.3 Å². The van der Waals surface area contributed by atoms with Gasteiger partial charge in [-0.05, 0) is 5.56 Å². The maximum atomic E-state index is 12.2. The molecule has 1 aromatic carbocycles. The molecule has 1 aromatic heterocycles. The first kappa shape index (κ1) is 18.0. The molecule has 136 valence electrons. The van der Waals surface area contributed by atoms with E-state index < -0.39 is 11.9 Å². The summed E-state index contributed by atoms with van der Waals surface area (Å²) in [5, 5.41) is 12.0. The van der Waals surface area contributed by atoms with E-state index in [0.29, 0.717) is 11.6 Å². The zero-order valence-corrected chi connectivity index (χ0v) is 15.0. The first-order valence-electron chi connectivity index (χ1n) is 8.08. The van der Waals surface area contributed by atoms with Crippen LogP contribution in [0, 0.1) is 5.92 Å². The van der Waals surface area contributed by atoms with Crippen LogP contribution < -0.4 is 10.2 Å². The summed E-state index contributed by atoms with van der Waals surface area (Å²) in [5.74, 6) is -1.58. The maximum Gasteiger partial charge on any atom is 0.325 e. The fraction of sp³-hybridized carbons (Fsp3) is 0.353. The van der Waals surface area contributed by atoms with Crippen molar-refractivity contribution in [2.45, 2.75) is 12.8 Å². The van der Waals surface area contributed by atoms with Crippen molar-refractivity contribution in [3.05, 3.63) is 40.9 Å². The third-order valence-electron chi connectivity index (χ3n) is 4.02. The maximum absolute atomic E-state index is 12.2. The van der Waals surface area contributed by atoms with Gasteiger partial charge in [-0.1, -0.05) is 41.7 Å². The molecule has 2 heterocycles. The molecule has 0 aliphatic carbocycles. The molecule has 1 aliphatic rings. The number of benzene rings is 1. The lowest BCUT2D eigenvalue weighted by molar-refractivity contribution is -0.141. The van der Waals surface area contributed by atoms with Crippen LogP contribution in [0.5, 0.6) is 0 Å². The highest BCUT2D eigenvalue weighted by molar-refractivity contribution is 7.15. The number of hydrogen-bond acceptors (Lipinski definition) is 7. The molecule has 0 spiro atoms. The third kappa shape index (κ3) is 4.23. The number of amides is 2. The van der Waals surface area contributed by atoms with Crippen molar-refractivity contribution >= 4 is 34.3 Å². The molecular weight excluding hydrogens is 356 g/mol. The van der Waals surface area contributed by atoms with Crippen molar-refractivity contribution in [2.24, 2.45) is 5.92 Å². The van der Waals surface area contributed by atoms with Gasteiger partial charge in [-0.15, -0.1) is 10.2 Å². The molecule has 26 heavy (non-hydrogen) atoms. The Morgan fingerprint density at radius 3 is 2.81 bits per heavy atom. The lowest BCUT2D eigenvalue weighted by atomic mass is 10.1. The molecule has 2 amide bonds. The Bertz CT molecular complexity index is 808. The number of anilines is 1.